The van der Waals surface area contributed by atoms with E-state index in [0.717, 1.165) is 17.7 Å². The number of rotatable bonds is 7. The number of aryl methyl sites for hydroxylation is 2. The van der Waals surface area contributed by atoms with Gasteiger partial charge in [-0.15, -0.1) is 0 Å². The molecule has 22 heavy (non-hydrogen) atoms. The molecule has 0 fully saturated rings. The van der Waals surface area contributed by atoms with Gasteiger partial charge in [-0.3, -0.25) is 4.79 Å². The minimum absolute atomic E-state index is 0.0846. The Bertz CT molecular complexity index is 647. The fraction of sp³-hybridized carbons (Fsp3) is 0.316. The van der Waals surface area contributed by atoms with Gasteiger partial charge < -0.3 is 9.47 Å². The van der Waals surface area contributed by atoms with Crippen LogP contribution in [0, 0.1) is 0 Å². The summed E-state index contributed by atoms with van der Waals surface area (Å²) in [5, 5.41) is 0. The summed E-state index contributed by atoms with van der Waals surface area (Å²) < 4.78 is 10.6. The van der Waals surface area contributed by atoms with Crippen molar-refractivity contribution in [2.75, 3.05) is 14.2 Å². The quantitative estimate of drug-likeness (QED) is 0.722. The minimum Gasteiger partial charge on any atom is -0.496 e. The Morgan fingerprint density at radius 1 is 1.00 bits per heavy atom. The first kappa shape index (κ1) is 16.1. The zero-order valence-electron chi connectivity index (χ0n) is 13.4. The normalized spacial score (nSPS) is 10.3. The molecule has 0 heterocycles. The lowest BCUT2D eigenvalue weighted by Gasteiger charge is -2.11. The molecule has 2 rings (SSSR count). The number of benzene rings is 2. The van der Waals surface area contributed by atoms with Crippen molar-refractivity contribution < 1.29 is 14.3 Å². The first-order valence-corrected chi connectivity index (χ1v) is 7.51. The molecule has 0 spiro atoms. The summed E-state index contributed by atoms with van der Waals surface area (Å²) in [6.45, 7) is 2.12. The Morgan fingerprint density at radius 3 is 2.41 bits per heavy atom. The van der Waals surface area contributed by atoms with Gasteiger partial charge in [-0.1, -0.05) is 31.2 Å². The molecule has 0 radical (unpaired) electrons. The summed E-state index contributed by atoms with van der Waals surface area (Å²) in [5.74, 6) is 1.55. The summed E-state index contributed by atoms with van der Waals surface area (Å²) in [7, 11) is 3.24. The van der Waals surface area contributed by atoms with Crippen LogP contribution in [0.25, 0.3) is 0 Å². The molecule has 0 bridgehead atoms. The number of Topliss-reactive ketones (excluding diaryl/α,β-unsaturated/α-hetero) is 1. The lowest BCUT2D eigenvalue weighted by molar-refractivity contribution is 0.0979. The molecule has 3 heteroatoms. The molecule has 0 aliphatic carbocycles. The van der Waals surface area contributed by atoms with Crippen LogP contribution in [0.2, 0.25) is 0 Å². The number of ether oxygens (including phenoxy) is 2. The van der Waals surface area contributed by atoms with Crippen molar-refractivity contribution in [3.8, 4) is 11.5 Å². The van der Waals surface area contributed by atoms with Gasteiger partial charge >= 0.3 is 0 Å². The maximum absolute atomic E-state index is 12.4. The third-order valence-electron chi connectivity index (χ3n) is 3.78. The van der Waals surface area contributed by atoms with Gasteiger partial charge in [-0.05, 0) is 42.2 Å². The molecule has 0 aliphatic heterocycles. The van der Waals surface area contributed by atoms with Crippen LogP contribution >= 0.6 is 0 Å². The monoisotopic (exact) mass is 298 g/mol. The molecule has 0 saturated carbocycles. The number of ketones is 1. The van der Waals surface area contributed by atoms with Crippen LogP contribution in [0.5, 0.6) is 11.5 Å². The zero-order chi connectivity index (χ0) is 15.9. The Balaban J connectivity index is 2.14. The Morgan fingerprint density at radius 2 is 1.73 bits per heavy atom. The molecule has 0 aromatic heterocycles. The van der Waals surface area contributed by atoms with Gasteiger partial charge in [0.2, 0.25) is 0 Å². The molecule has 2 aromatic rings. The molecular formula is C19H22O3. The van der Waals surface area contributed by atoms with Gasteiger partial charge in [-0.25, -0.2) is 0 Å². The Labute approximate surface area is 131 Å². The first-order valence-electron chi connectivity index (χ1n) is 7.51. The van der Waals surface area contributed by atoms with Gasteiger partial charge in [0.1, 0.15) is 11.5 Å². The highest BCUT2D eigenvalue weighted by atomic mass is 16.5. The Hall–Kier alpha value is -2.29. The van der Waals surface area contributed by atoms with Gasteiger partial charge in [0.15, 0.2) is 5.78 Å². The molecular weight excluding hydrogens is 276 g/mol. The van der Waals surface area contributed by atoms with Crippen LogP contribution in [0.4, 0.5) is 0 Å². The molecule has 3 nitrogen and oxygen atoms in total. The second kappa shape index (κ2) is 7.64. The van der Waals surface area contributed by atoms with Gasteiger partial charge in [0.25, 0.3) is 0 Å². The number of para-hydroxylation sites is 1. The standard InChI is InChI=1S/C19H22O3/c1-4-14-9-12-18(21-2)15(13-14)10-11-17(20)16-7-5-6-8-19(16)22-3/h5-9,12-13H,4,10-11H2,1-3H3. The van der Waals surface area contributed by atoms with E-state index in [-0.39, 0.29) is 5.78 Å². The van der Waals surface area contributed by atoms with Crippen LogP contribution in [0.1, 0.15) is 34.8 Å². The van der Waals surface area contributed by atoms with Gasteiger partial charge in [0, 0.05) is 6.42 Å². The van der Waals surface area contributed by atoms with Crippen LogP contribution in [-0.2, 0) is 12.8 Å². The van der Waals surface area contributed by atoms with Crippen molar-refractivity contribution in [2.45, 2.75) is 26.2 Å². The minimum atomic E-state index is 0.0846. The second-order valence-corrected chi connectivity index (χ2v) is 5.12. The van der Waals surface area contributed by atoms with E-state index < -0.39 is 0 Å². The topological polar surface area (TPSA) is 35.5 Å². The fourth-order valence-electron chi connectivity index (χ4n) is 2.51. The summed E-state index contributed by atoms with van der Waals surface area (Å²) in [6.07, 6.45) is 2.06. The van der Waals surface area contributed by atoms with Gasteiger partial charge in [-0.2, -0.15) is 0 Å². The predicted molar refractivity (Wildman–Crippen MR) is 88.0 cm³/mol. The maximum Gasteiger partial charge on any atom is 0.166 e. The lowest BCUT2D eigenvalue weighted by Crippen LogP contribution is -2.04. The Kier molecular flexibility index (Phi) is 5.59. The highest BCUT2D eigenvalue weighted by molar-refractivity contribution is 5.98. The van der Waals surface area contributed by atoms with Crippen LogP contribution < -0.4 is 9.47 Å². The van der Waals surface area contributed by atoms with E-state index in [2.05, 4.69) is 19.1 Å². The van der Waals surface area contributed by atoms with Crippen molar-refractivity contribution in [1.82, 2.24) is 0 Å². The average Bonchev–Trinajstić information content (AvgIpc) is 2.59. The maximum atomic E-state index is 12.4. The summed E-state index contributed by atoms with van der Waals surface area (Å²) >= 11 is 0. The number of carbonyl (C=O) groups excluding carboxylic acids is 1. The van der Waals surface area contributed by atoms with Crippen molar-refractivity contribution in [3.05, 3.63) is 59.2 Å². The number of carbonyl (C=O) groups is 1. The summed E-state index contributed by atoms with van der Waals surface area (Å²) in [6, 6.07) is 13.5. The van der Waals surface area contributed by atoms with Crippen molar-refractivity contribution in [3.63, 3.8) is 0 Å². The van der Waals surface area contributed by atoms with Crippen LogP contribution in [0.3, 0.4) is 0 Å². The highest BCUT2D eigenvalue weighted by Gasteiger charge is 2.13. The molecule has 116 valence electrons. The smallest absolute Gasteiger partial charge is 0.166 e. The largest absolute Gasteiger partial charge is 0.496 e. The number of hydrogen-bond acceptors (Lipinski definition) is 3. The zero-order valence-corrected chi connectivity index (χ0v) is 13.4. The summed E-state index contributed by atoms with van der Waals surface area (Å²) in [4.78, 5) is 12.4. The number of methoxy groups -OCH3 is 2. The third-order valence-corrected chi connectivity index (χ3v) is 3.78. The van der Waals surface area contributed by atoms with E-state index in [1.807, 2.05) is 24.3 Å². The van der Waals surface area contributed by atoms with E-state index in [9.17, 15) is 4.79 Å². The average molecular weight is 298 g/mol. The highest BCUT2D eigenvalue weighted by Crippen LogP contribution is 2.24. The van der Waals surface area contributed by atoms with E-state index in [1.54, 1.807) is 20.3 Å². The first-order chi connectivity index (χ1) is 10.7. The van der Waals surface area contributed by atoms with Crippen molar-refractivity contribution in [2.24, 2.45) is 0 Å². The van der Waals surface area contributed by atoms with Crippen LogP contribution in [-0.4, -0.2) is 20.0 Å². The summed E-state index contributed by atoms with van der Waals surface area (Å²) in [5.41, 5.74) is 2.96. The SMILES string of the molecule is CCc1ccc(OC)c(CCC(=O)c2ccccc2OC)c1. The second-order valence-electron chi connectivity index (χ2n) is 5.12. The van der Waals surface area contributed by atoms with E-state index in [1.165, 1.54) is 5.56 Å². The van der Waals surface area contributed by atoms with Crippen molar-refractivity contribution in [1.29, 1.82) is 0 Å². The third kappa shape index (κ3) is 3.67. The predicted octanol–water partition coefficient (Wildman–Crippen LogP) is 4.08. The van der Waals surface area contributed by atoms with E-state index >= 15 is 0 Å². The number of hydrogen-bond donors (Lipinski definition) is 0. The molecule has 0 saturated heterocycles. The molecule has 2 aromatic carbocycles. The molecule has 0 N–H and O–H groups in total. The molecule has 0 amide bonds. The van der Waals surface area contributed by atoms with E-state index in [0.29, 0.717) is 24.2 Å². The lowest BCUT2D eigenvalue weighted by atomic mass is 9.99. The van der Waals surface area contributed by atoms with Crippen molar-refractivity contribution >= 4 is 5.78 Å². The molecule has 0 atom stereocenters. The van der Waals surface area contributed by atoms with Gasteiger partial charge in [0.05, 0.1) is 19.8 Å². The molecule has 0 aliphatic rings. The molecule has 0 unspecified atom stereocenters. The fourth-order valence-corrected chi connectivity index (χ4v) is 2.51. The van der Waals surface area contributed by atoms with Crippen LogP contribution in [0.15, 0.2) is 42.5 Å². The van der Waals surface area contributed by atoms with E-state index in [4.69, 9.17) is 9.47 Å².